The molecule has 1 aromatic carbocycles. The Hall–Kier alpha value is -1.55. The maximum atomic E-state index is 12.9. The summed E-state index contributed by atoms with van der Waals surface area (Å²) in [7, 11) is 1.65. The van der Waals surface area contributed by atoms with Crippen molar-refractivity contribution < 1.29 is 14.3 Å². The minimum Gasteiger partial charge on any atom is -0.493 e. The van der Waals surface area contributed by atoms with Gasteiger partial charge in [0.15, 0.2) is 0 Å². The van der Waals surface area contributed by atoms with Crippen LogP contribution in [0, 0.1) is 19.8 Å². The average molecular weight is 333 g/mol. The maximum absolute atomic E-state index is 12.9. The molecular formula is C20H31NO3. The van der Waals surface area contributed by atoms with E-state index in [2.05, 4.69) is 19.2 Å². The second kappa shape index (κ2) is 8.02. The smallest absolute Gasteiger partial charge is 0.256 e. The van der Waals surface area contributed by atoms with E-state index >= 15 is 0 Å². The molecule has 1 aromatic rings. The van der Waals surface area contributed by atoms with Crippen LogP contribution in [0.1, 0.15) is 57.1 Å². The minimum atomic E-state index is -0.698. The lowest BCUT2D eigenvalue weighted by Crippen LogP contribution is -2.47. The van der Waals surface area contributed by atoms with Gasteiger partial charge in [-0.15, -0.1) is 0 Å². The largest absolute Gasteiger partial charge is 0.493 e. The highest BCUT2D eigenvalue weighted by molar-refractivity contribution is 5.97. The Morgan fingerprint density at radius 1 is 1.33 bits per heavy atom. The predicted molar refractivity (Wildman–Crippen MR) is 97.7 cm³/mol. The molecule has 2 rings (SSSR count). The number of rotatable bonds is 6. The van der Waals surface area contributed by atoms with Crippen LogP contribution < -0.4 is 10.1 Å². The fourth-order valence-corrected chi connectivity index (χ4v) is 3.69. The summed E-state index contributed by atoms with van der Waals surface area (Å²) >= 11 is 0. The third-order valence-electron chi connectivity index (χ3n) is 4.93. The van der Waals surface area contributed by atoms with E-state index in [-0.39, 0.29) is 5.91 Å². The first-order chi connectivity index (χ1) is 11.4. The van der Waals surface area contributed by atoms with Crippen molar-refractivity contribution in [3.8, 4) is 5.75 Å². The zero-order valence-corrected chi connectivity index (χ0v) is 15.7. The number of ether oxygens (including phenoxy) is 2. The fraction of sp³-hybridized carbons (Fsp3) is 0.650. The van der Waals surface area contributed by atoms with E-state index in [1.165, 1.54) is 6.42 Å². The summed E-state index contributed by atoms with van der Waals surface area (Å²) in [6, 6.07) is 3.96. The van der Waals surface area contributed by atoms with Gasteiger partial charge in [-0.3, -0.25) is 4.79 Å². The van der Waals surface area contributed by atoms with Crippen LogP contribution in [0.25, 0.3) is 0 Å². The van der Waals surface area contributed by atoms with E-state index < -0.39 is 5.60 Å². The Balaban J connectivity index is 2.16. The number of benzene rings is 1. The molecule has 1 aliphatic rings. The van der Waals surface area contributed by atoms with Crippen molar-refractivity contribution in [2.75, 3.05) is 19.0 Å². The predicted octanol–water partition coefficient (Wildman–Crippen LogP) is 4.63. The van der Waals surface area contributed by atoms with Crippen LogP contribution in [0.4, 0.5) is 5.69 Å². The van der Waals surface area contributed by atoms with Gasteiger partial charge in [0.25, 0.3) is 5.91 Å². The van der Waals surface area contributed by atoms with E-state index in [1.807, 2.05) is 26.0 Å². The van der Waals surface area contributed by atoms with Crippen molar-refractivity contribution >= 4 is 11.6 Å². The molecule has 0 bridgehead atoms. The molecule has 0 spiro atoms. The molecule has 134 valence electrons. The fourth-order valence-electron chi connectivity index (χ4n) is 3.69. The second-order valence-electron chi connectivity index (χ2n) is 7.14. The van der Waals surface area contributed by atoms with Gasteiger partial charge in [0, 0.05) is 12.8 Å². The SMILES string of the molecule is CCCOc1c(C)cc(NC(=O)[C@]2(OC)CCC[C@H](C)C2)cc1C. The van der Waals surface area contributed by atoms with E-state index in [0.29, 0.717) is 12.5 Å². The Labute approximate surface area is 145 Å². The first kappa shape index (κ1) is 18.8. The van der Waals surface area contributed by atoms with Crippen LogP contribution >= 0.6 is 0 Å². The van der Waals surface area contributed by atoms with E-state index in [0.717, 1.165) is 48.2 Å². The molecule has 0 radical (unpaired) electrons. The topological polar surface area (TPSA) is 47.6 Å². The molecule has 0 unspecified atom stereocenters. The van der Waals surface area contributed by atoms with Crippen LogP contribution in [-0.4, -0.2) is 25.2 Å². The lowest BCUT2D eigenvalue weighted by atomic mass is 9.78. The number of carbonyl (C=O) groups excluding carboxylic acids is 1. The maximum Gasteiger partial charge on any atom is 0.256 e. The summed E-state index contributed by atoms with van der Waals surface area (Å²) in [5.74, 6) is 1.40. The van der Waals surface area contributed by atoms with Gasteiger partial charge in [-0.1, -0.05) is 20.3 Å². The van der Waals surface area contributed by atoms with E-state index in [9.17, 15) is 4.79 Å². The van der Waals surface area contributed by atoms with Gasteiger partial charge in [0.05, 0.1) is 6.61 Å². The summed E-state index contributed by atoms with van der Waals surface area (Å²) < 4.78 is 11.5. The summed E-state index contributed by atoms with van der Waals surface area (Å²) in [6.45, 7) is 9.02. The van der Waals surface area contributed by atoms with Gasteiger partial charge in [-0.05, 0) is 68.7 Å². The Bertz CT molecular complexity index is 561. The number of nitrogens with one attached hydrogen (secondary N) is 1. The van der Waals surface area contributed by atoms with Crippen molar-refractivity contribution in [1.82, 2.24) is 0 Å². The normalized spacial score (nSPS) is 23.8. The Morgan fingerprint density at radius 2 is 2.00 bits per heavy atom. The number of carbonyl (C=O) groups is 1. The number of amides is 1. The molecule has 1 fully saturated rings. The van der Waals surface area contributed by atoms with Crippen LogP contribution in [0.2, 0.25) is 0 Å². The molecular weight excluding hydrogens is 302 g/mol. The summed E-state index contributed by atoms with van der Waals surface area (Å²) in [4.78, 5) is 12.9. The molecule has 4 nitrogen and oxygen atoms in total. The van der Waals surface area contributed by atoms with Gasteiger partial charge in [0.2, 0.25) is 0 Å². The quantitative estimate of drug-likeness (QED) is 0.826. The standard InChI is InChI=1S/C20H31NO3/c1-6-10-24-18-15(3)11-17(12-16(18)4)21-19(22)20(23-5)9-7-8-14(2)13-20/h11-12,14H,6-10,13H2,1-5H3,(H,21,22)/t14-,20-/m0/s1. The molecule has 24 heavy (non-hydrogen) atoms. The molecule has 4 heteroatoms. The third-order valence-corrected chi connectivity index (χ3v) is 4.93. The average Bonchev–Trinajstić information content (AvgIpc) is 2.54. The molecule has 0 aliphatic heterocycles. The van der Waals surface area contributed by atoms with Crippen molar-refractivity contribution in [3.05, 3.63) is 23.3 Å². The number of anilines is 1. The molecule has 2 atom stereocenters. The van der Waals surface area contributed by atoms with Crippen molar-refractivity contribution in [1.29, 1.82) is 0 Å². The number of hydrogen-bond donors (Lipinski definition) is 1. The van der Waals surface area contributed by atoms with Gasteiger partial charge in [0.1, 0.15) is 11.4 Å². The van der Waals surface area contributed by atoms with Crippen molar-refractivity contribution in [2.45, 2.75) is 65.4 Å². The van der Waals surface area contributed by atoms with Crippen molar-refractivity contribution in [3.63, 3.8) is 0 Å². The summed E-state index contributed by atoms with van der Waals surface area (Å²) in [5.41, 5.74) is 2.20. The summed E-state index contributed by atoms with van der Waals surface area (Å²) in [6.07, 6.45) is 4.75. The minimum absolute atomic E-state index is 0.0300. The lowest BCUT2D eigenvalue weighted by Gasteiger charge is -2.37. The highest BCUT2D eigenvalue weighted by atomic mass is 16.5. The Morgan fingerprint density at radius 3 is 2.54 bits per heavy atom. The molecule has 0 heterocycles. The molecule has 1 amide bonds. The van der Waals surface area contributed by atoms with Gasteiger partial charge in [-0.2, -0.15) is 0 Å². The lowest BCUT2D eigenvalue weighted by molar-refractivity contribution is -0.143. The molecule has 1 N–H and O–H groups in total. The first-order valence-corrected chi connectivity index (χ1v) is 9.02. The van der Waals surface area contributed by atoms with Gasteiger partial charge in [-0.25, -0.2) is 0 Å². The number of hydrogen-bond acceptors (Lipinski definition) is 3. The Kier molecular flexibility index (Phi) is 6.27. The molecule has 1 saturated carbocycles. The van der Waals surface area contributed by atoms with E-state index in [1.54, 1.807) is 7.11 Å². The first-order valence-electron chi connectivity index (χ1n) is 9.02. The highest BCUT2D eigenvalue weighted by Crippen LogP contribution is 2.36. The highest BCUT2D eigenvalue weighted by Gasteiger charge is 2.42. The zero-order chi connectivity index (χ0) is 17.7. The number of aryl methyl sites for hydroxylation is 2. The van der Waals surface area contributed by atoms with Crippen LogP contribution in [0.5, 0.6) is 5.75 Å². The van der Waals surface area contributed by atoms with Crippen molar-refractivity contribution in [2.24, 2.45) is 5.92 Å². The third kappa shape index (κ3) is 4.10. The van der Waals surface area contributed by atoms with Crippen LogP contribution in [0.15, 0.2) is 12.1 Å². The van der Waals surface area contributed by atoms with Gasteiger partial charge < -0.3 is 14.8 Å². The summed E-state index contributed by atoms with van der Waals surface area (Å²) in [5, 5.41) is 3.07. The van der Waals surface area contributed by atoms with E-state index in [4.69, 9.17) is 9.47 Å². The van der Waals surface area contributed by atoms with Crippen LogP contribution in [-0.2, 0) is 9.53 Å². The molecule has 0 saturated heterocycles. The zero-order valence-electron chi connectivity index (χ0n) is 15.7. The van der Waals surface area contributed by atoms with Gasteiger partial charge >= 0.3 is 0 Å². The molecule has 1 aliphatic carbocycles. The number of methoxy groups -OCH3 is 1. The molecule has 0 aromatic heterocycles. The monoisotopic (exact) mass is 333 g/mol. The second-order valence-corrected chi connectivity index (χ2v) is 7.14. The van der Waals surface area contributed by atoms with Crippen LogP contribution in [0.3, 0.4) is 0 Å².